The van der Waals surface area contributed by atoms with Gasteiger partial charge in [-0.05, 0) is 19.1 Å². The second kappa shape index (κ2) is 6.00. The van der Waals surface area contributed by atoms with Crippen molar-refractivity contribution >= 4 is 5.69 Å². The molecule has 0 aromatic heterocycles. The van der Waals surface area contributed by atoms with Crippen LogP contribution in [0.25, 0.3) is 0 Å². The Kier molecular flexibility index (Phi) is 4.36. The number of nitrogens with one attached hydrogen (secondary N) is 1. The number of methoxy groups -OCH3 is 1. The zero-order chi connectivity index (χ0) is 12.1. The molecule has 0 spiro atoms. The molecule has 1 fully saturated rings. The van der Waals surface area contributed by atoms with Gasteiger partial charge >= 0.3 is 0 Å². The van der Waals surface area contributed by atoms with Gasteiger partial charge in [0.2, 0.25) is 0 Å². The van der Waals surface area contributed by atoms with Gasteiger partial charge in [-0.3, -0.25) is 0 Å². The number of hydrogen-bond acceptors (Lipinski definition) is 4. The predicted molar refractivity (Wildman–Crippen MR) is 68.0 cm³/mol. The Hall–Kier alpha value is -1.10. The van der Waals surface area contributed by atoms with E-state index in [2.05, 4.69) is 22.3 Å². The first-order chi connectivity index (χ1) is 8.31. The summed E-state index contributed by atoms with van der Waals surface area (Å²) in [7, 11) is 1.66. The van der Waals surface area contributed by atoms with E-state index in [0.717, 1.165) is 19.6 Å². The molecule has 0 amide bonds. The predicted octanol–water partition coefficient (Wildman–Crippen LogP) is 1.43. The molecule has 1 heterocycles. The average molecular weight is 236 g/mol. The lowest BCUT2D eigenvalue weighted by Crippen LogP contribution is -2.53. The third kappa shape index (κ3) is 3.19. The van der Waals surface area contributed by atoms with Gasteiger partial charge in [0.15, 0.2) is 6.29 Å². The molecule has 0 radical (unpaired) electrons. The Bertz CT molecular complexity index is 331. The summed E-state index contributed by atoms with van der Waals surface area (Å²) < 4.78 is 11.0. The summed E-state index contributed by atoms with van der Waals surface area (Å²) in [6.45, 7) is 4.67. The molecule has 1 saturated heterocycles. The smallest absolute Gasteiger partial charge is 0.157 e. The lowest BCUT2D eigenvalue weighted by molar-refractivity contribution is -0.145. The van der Waals surface area contributed by atoms with Crippen LogP contribution in [-0.4, -0.2) is 39.3 Å². The van der Waals surface area contributed by atoms with Crippen LogP contribution in [0.2, 0.25) is 0 Å². The molecule has 0 aliphatic carbocycles. The molecule has 1 aliphatic heterocycles. The SMILES string of the molecule is COC(C)OC1CNCCN1c1ccccc1. The van der Waals surface area contributed by atoms with E-state index in [-0.39, 0.29) is 12.5 Å². The fourth-order valence-electron chi connectivity index (χ4n) is 1.99. The molecular formula is C13H20N2O2. The molecule has 94 valence electrons. The fourth-order valence-corrected chi connectivity index (χ4v) is 1.99. The normalized spacial score (nSPS) is 22.5. The highest BCUT2D eigenvalue weighted by molar-refractivity contribution is 5.47. The highest BCUT2D eigenvalue weighted by atomic mass is 16.7. The molecule has 2 rings (SSSR count). The second-order valence-electron chi connectivity index (χ2n) is 4.13. The van der Waals surface area contributed by atoms with Gasteiger partial charge in [0.25, 0.3) is 0 Å². The van der Waals surface area contributed by atoms with E-state index in [4.69, 9.17) is 9.47 Å². The number of hydrogen-bond donors (Lipinski definition) is 1. The fraction of sp³-hybridized carbons (Fsp3) is 0.538. The molecule has 0 saturated carbocycles. The first kappa shape index (κ1) is 12.4. The van der Waals surface area contributed by atoms with E-state index in [1.54, 1.807) is 7.11 Å². The standard InChI is InChI=1S/C13H20N2O2/c1-11(16-2)17-13-10-14-8-9-15(13)12-6-4-3-5-7-12/h3-7,11,13-14H,8-10H2,1-2H3. The second-order valence-corrected chi connectivity index (χ2v) is 4.13. The minimum atomic E-state index is -0.189. The highest BCUT2D eigenvalue weighted by Crippen LogP contribution is 2.19. The van der Waals surface area contributed by atoms with Crippen molar-refractivity contribution in [1.82, 2.24) is 5.32 Å². The molecule has 2 unspecified atom stereocenters. The molecule has 4 nitrogen and oxygen atoms in total. The topological polar surface area (TPSA) is 33.7 Å². The van der Waals surface area contributed by atoms with Crippen LogP contribution in [-0.2, 0) is 9.47 Å². The lowest BCUT2D eigenvalue weighted by atomic mass is 10.2. The summed E-state index contributed by atoms with van der Waals surface area (Å²) in [5.41, 5.74) is 1.20. The van der Waals surface area contributed by atoms with Gasteiger partial charge in [-0.1, -0.05) is 18.2 Å². The van der Waals surface area contributed by atoms with Crippen molar-refractivity contribution in [2.75, 3.05) is 31.6 Å². The third-order valence-corrected chi connectivity index (χ3v) is 2.96. The highest BCUT2D eigenvalue weighted by Gasteiger charge is 2.24. The van der Waals surface area contributed by atoms with Crippen LogP contribution in [0.3, 0.4) is 0 Å². The zero-order valence-electron chi connectivity index (χ0n) is 10.4. The Balaban J connectivity index is 2.07. The first-order valence-corrected chi connectivity index (χ1v) is 6.02. The maximum absolute atomic E-state index is 5.85. The third-order valence-electron chi connectivity index (χ3n) is 2.96. The van der Waals surface area contributed by atoms with Crippen molar-refractivity contribution in [3.05, 3.63) is 30.3 Å². The molecule has 0 bridgehead atoms. The van der Waals surface area contributed by atoms with Crippen LogP contribution in [0.1, 0.15) is 6.92 Å². The Labute approximate surface area is 103 Å². The van der Waals surface area contributed by atoms with Crippen molar-refractivity contribution < 1.29 is 9.47 Å². The largest absolute Gasteiger partial charge is 0.356 e. The molecular weight excluding hydrogens is 216 g/mol. The van der Waals surface area contributed by atoms with Gasteiger partial charge in [-0.25, -0.2) is 0 Å². The van der Waals surface area contributed by atoms with Gasteiger partial charge in [-0.15, -0.1) is 0 Å². The van der Waals surface area contributed by atoms with E-state index in [0.29, 0.717) is 0 Å². The minimum Gasteiger partial charge on any atom is -0.356 e. The van der Waals surface area contributed by atoms with E-state index in [1.807, 2.05) is 25.1 Å². The number of anilines is 1. The Morgan fingerprint density at radius 1 is 1.35 bits per heavy atom. The van der Waals surface area contributed by atoms with E-state index < -0.39 is 0 Å². The summed E-state index contributed by atoms with van der Waals surface area (Å²) in [4.78, 5) is 2.27. The van der Waals surface area contributed by atoms with Crippen LogP contribution in [0, 0.1) is 0 Å². The summed E-state index contributed by atoms with van der Waals surface area (Å²) >= 11 is 0. The Morgan fingerprint density at radius 2 is 2.12 bits per heavy atom. The van der Waals surface area contributed by atoms with Gasteiger partial charge in [0.05, 0.1) is 0 Å². The molecule has 2 atom stereocenters. The van der Waals surface area contributed by atoms with Crippen molar-refractivity contribution in [2.45, 2.75) is 19.4 Å². The molecule has 4 heteroatoms. The summed E-state index contributed by atoms with van der Waals surface area (Å²) in [6, 6.07) is 10.3. The van der Waals surface area contributed by atoms with Gasteiger partial charge in [0.1, 0.15) is 6.23 Å². The molecule has 1 aromatic carbocycles. The van der Waals surface area contributed by atoms with Crippen LogP contribution in [0.15, 0.2) is 30.3 Å². The van der Waals surface area contributed by atoms with Crippen LogP contribution in [0.4, 0.5) is 5.69 Å². The molecule has 1 N–H and O–H groups in total. The van der Waals surface area contributed by atoms with Crippen molar-refractivity contribution in [3.8, 4) is 0 Å². The van der Waals surface area contributed by atoms with E-state index >= 15 is 0 Å². The number of rotatable bonds is 4. The molecule has 17 heavy (non-hydrogen) atoms. The zero-order valence-corrected chi connectivity index (χ0v) is 10.4. The van der Waals surface area contributed by atoms with Crippen molar-refractivity contribution in [3.63, 3.8) is 0 Å². The van der Waals surface area contributed by atoms with Crippen LogP contribution >= 0.6 is 0 Å². The molecule has 1 aliphatic rings. The number of nitrogens with zero attached hydrogens (tertiary/aromatic N) is 1. The van der Waals surface area contributed by atoms with Gasteiger partial charge in [0, 0.05) is 32.4 Å². The summed E-state index contributed by atoms with van der Waals surface area (Å²) in [5, 5.41) is 3.34. The van der Waals surface area contributed by atoms with E-state index in [9.17, 15) is 0 Å². The number of piperazine rings is 1. The van der Waals surface area contributed by atoms with E-state index in [1.165, 1.54) is 5.69 Å². The van der Waals surface area contributed by atoms with Gasteiger partial charge < -0.3 is 19.7 Å². The van der Waals surface area contributed by atoms with Crippen LogP contribution in [0.5, 0.6) is 0 Å². The summed E-state index contributed by atoms with van der Waals surface area (Å²) in [5.74, 6) is 0. The van der Waals surface area contributed by atoms with Crippen molar-refractivity contribution in [2.24, 2.45) is 0 Å². The lowest BCUT2D eigenvalue weighted by Gasteiger charge is -2.38. The van der Waals surface area contributed by atoms with Gasteiger partial charge in [-0.2, -0.15) is 0 Å². The average Bonchev–Trinajstić information content (AvgIpc) is 2.40. The Morgan fingerprint density at radius 3 is 2.82 bits per heavy atom. The monoisotopic (exact) mass is 236 g/mol. The number of ether oxygens (including phenoxy) is 2. The maximum atomic E-state index is 5.85. The first-order valence-electron chi connectivity index (χ1n) is 6.02. The quantitative estimate of drug-likeness (QED) is 0.802. The molecule has 1 aromatic rings. The number of para-hydroxylation sites is 1. The summed E-state index contributed by atoms with van der Waals surface area (Å²) in [6.07, 6.45) is -0.160. The number of benzene rings is 1. The van der Waals surface area contributed by atoms with Crippen molar-refractivity contribution in [1.29, 1.82) is 0 Å². The maximum Gasteiger partial charge on any atom is 0.157 e. The van der Waals surface area contributed by atoms with Crippen LogP contribution < -0.4 is 10.2 Å². The minimum absolute atomic E-state index is 0.0288.